The van der Waals surface area contributed by atoms with E-state index in [1.807, 2.05) is 85.4 Å². The van der Waals surface area contributed by atoms with Crippen LogP contribution in [0.1, 0.15) is 21.7 Å². The van der Waals surface area contributed by atoms with E-state index < -0.39 is 11.9 Å². The topological polar surface area (TPSA) is 78.2 Å². The number of carbonyl (C=O) groups excluding carboxylic acids is 2. The minimum absolute atomic E-state index is 0.381. The summed E-state index contributed by atoms with van der Waals surface area (Å²) in [7, 11) is 0. The third-order valence-corrected chi connectivity index (χ3v) is 4.90. The molecule has 1 N–H and O–H groups in total. The van der Waals surface area contributed by atoms with Crippen LogP contribution in [0.15, 0.2) is 79.1 Å². The molecule has 4 aromatic rings. The summed E-state index contributed by atoms with van der Waals surface area (Å²) in [5, 5.41) is 7.30. The molecule has 7 nitrogen and oxygen atoms in total. The van der Waals surface area contributed by atoms with Crippen LogP contribution in [0.4, 0.5) is 5.69 Å². The maximum atomic E-state index is 12.4. The zero-order valence-electron chi connectivity index (χ0n) is 17.3. The SMILES string of the molecule is Cc1nn(-c2ccccc2)c(C)c1NC(=O)COC(=O)c1ccc(-n2cccc2)cc1. The van der Waals surface area contributed by atoms with Crippen molar-refractivity contribution in [2.75, 3.05) is 11.9 Å². The number of anilines is 1. The number of ether oxygens (including phenoxy) is 1. The predicted molar refractivity (Wildman–Crippen MR) is 118 cm³/mol. The maximum Gasteiger partial charge on any atom is 0.338 e. The molecule has 7 heteroatoms. The van der Waals surface area contributed by atoms with Crippen LogP contribution in [0.25, 0.3) is 11.4 Å². The van der Waals surface area contributed by atoms with Gasteiger partial charge >= 0.3 is 5.97 Å². The van der Waals surface area contributed by atoms with Gasteiger partial charge in [-0.2, -0.15) is 5.10 Å². The van der Waals surface area contributed by atoms with E-state index in [0.717, 1.165) is 17.1 Å². The van der Waals surface area contributed by atoms with Crippen molar-refractivity contribution in [3.63, 3.8) is 0 Å². The number of carbonyl (C=O) groups is 2. The first-order valence-corrected chi connectivity index (χ1v) is 9.85. The van der Waals surface area contributed by atoms with E-state index in [1.165, 1.54) is 0 Å². The highest BCUT2D eigenvalue weighted by atomic mass is 16.5. The highest BCUT2D eigenvalue weighted by molar-refractivity contribution is 5.96. The third kappa shape index (κ3) is 4.40. The van der Waals surface area contributed by atoms with Crippen LogP contribution in [0.3, 0.4) is 0 Å². The van der Waals surface area contributed by atoms with Crippen LogP contribution in [-0.2, 0) is 9.53 Å². The van der Waals surface area contributed by atoms with Crippen molar-refractivity contribution in [1.29, 1.82) is 0 Å². The lowest BCUT2D eigenvalue weighted by Crippen LogP contribution is -2.21. The first-order valence-electron chi connectivity index (χ1n) is 9.85. The van der Waals surface area contributed by atoms with Crippen LogP contribution in [0.2, 0.25) is 0 Å². The number of nitrogens with one attached hydrogen (secondary N) is 1. The van der Waals surface area contributed by atoms with Gasteiger partial charge in [-0.1, -0.05) is 18.2 Å². The van der Waals surface area contributed by atoms with Crippen LogP contribution in [0.5, 0.6) is 0 Å². The summed E-state index contributed by atoms with van der Waals surface area (Å²) in [5.41, 5.74) is 4.30. The number of aryl methyl sites for hydroxylation is 1. The molecule has 2 aromatic carbocycles. The standard InChI is InChI=1S/C24H22N4O3/c1-17-23(18(2)28(26-17)21-8-4-3-5-9-21)25-22(29)16-31-24(30)19-10-12-20(13-11-19)27-14-6-7-15-27/h3-15H,16H2,1-2H3,(H,25,29). The Hall–Kier alpha value is -4.13. The molecule has 0 aliphatic rings. The smallest absolute Gasteiger partial charge is 0.338 e. The lowest BCUT2D eigenvalue weighted by Gasteiger charge is -2.08. The summed E-state index contributed by atoms with van der Waals surface area (Å²) < 4.78 is 8.88. The second kappa shape index (κ2) is 8.71. The fourth-order valence-electron chi connectivity index (χ4n) is 3.31. The first kappa shape index (κ1) is 20.2. The monoisotopic (exact) mass is 414 g/mol. The lowest BCUT2D eigenvalue weighted by molar-refractivity contribution is -0.119. The van der Waals surface area contributed by atoms with E-state index in [9.17, 15) is 9.59 Å². The molecule has 4 rings (SSSR count). The second-order valence-corrected chi connectivity index (χ2v) is 7.05. The Morgan fingerprint density at radius 3 is 2.26 bits per heavy atom. The Labute approximate surface area is 179 Å². The van der Waals surface area contributed by atoms with Crippen molar-refractivity contribution < 1.29 is 14.3 Å². The first-order chi connectivity index (χ1) is 15.0. The van der Waals surface area contributed by atoms with Crippen LogP contribution in [-0.4, -0.2) is 32.8 Å². The summed E-state index contributed by atoms with van der Waals surface area (Å²) in [6.07, 6.45) is 3.84. The van der Waals surface area contributed by atoms with Gasteiger partial charge < -0.3 is 14.6 Å². The second-order valence-electron chi connectivity index (χ2n) is 7.05. The number of aromatic nitrogens is 3. The molecule has 2 aromatic heterocycles. The maximum absolute atomic E-state index is 12.4. The Balaban J connectivity index is 1.37. The van der Waals surface area contributed by atoms with Gasteiger partial charge in [-0.3, -0.25) is 4.79 Å². The largest absolute Gasteiger partial charge is 0.452 e. The quantitative estimate of drug-likeness (QED) is 0.483. The number of para-hydroxylation sites is 1. The average molecular weight is 414 g/mol. The molecular weight excluding hydrogens is 392 g/mol. The molecule has 0 atom stereocenters. The molecule has 0 aliphatic carbocycles. The summed E-state index contributed by atoms with van der Waals surface area (Å²) >= 11 is 0. The fourth-order valence-corrected chi connectivity index (χ4v) is 3.31. The highest BCUT2D eigenvalue weighted by Crippen LogP contribution is 2.22. The summed E-state index contributed by atoms with van der Waals surface area (Å²) in [4.78, 5) is 24.7. The third-order valence-electron chi connectivity index (χ3n) is 4.90. The van der Waals surface area contributed by atoms with Crippen molar-refractivity contribution in [2.24, 2.45) is 0 Å². The van der Waals surface area contributed by atoms with Gasteiger partial charge in [0.25, 0.3) is 5.91 Å². The van der Waals surface area contributed by atoms with Gasteiger partial charge in [0.2, 0.25) is 0 Å². The Morgan fingerprint density at radius 1 is 0.903 bits per heavy atom. The Bertz CT molecular complexity index is 1190. The number of esters is 1. The van der Waals surface area contributed by atoms with Gasteiger partial charge in [-0.25, -0.2) is 9.48 Å². The van der Waals surface area contributed by atoms with E-state index in [0.29, 0.717) is 16.9 Å². The van der Waals surface area contributed by atoms with Gasteiger partial charge in [0.15, 0.2) is 6.61 Å². The molecule has 31 heavy (non-hydrogen) atoms. The molecule has 2 heterocycles. The van der Waals surface area contributed by atoms with Gasteiger partial charge in [-0.15, -0.1) is 0 Å². The van der Waals surface area contributed by atoms with E-state index in [2.05, 4.69) is 10.4 Å². The van der Waals surface area contributed by atoms with Crippen molar-refractivity contribution in [2.45, 2.75) is 13.8 Å². The predicted octanol–water partition coefficient (Wildman–Crippen LogP) is 4.08. The molecule has 0 aliphatic heterocycles. The molecular formula is C24H22N4O3. The Kier molecular flexibility index (Phi) is 5.66. The minimum Gasteiger partial charge on any atom is -0.452 e. The molecule has 0 saturated heterocycles. The number of rotatable bonds is 6. The van der Waals surface area contributed by atoms with E-state index >= 15 is 0 Å². The molecule has 0 saturated carbocycles. The molecule has 0 bridgehead atoms. The molecule has 1 amide bonds. The van der Waals surface area contributed by atoms with Gasteiger partial charge in [0.1, 0.15) is 0 Å². The van der Waals surface area contributed by atoms with Crippen LogP contribution in [0, 0.1) is 13.8 Å². The summed E-state index contributed by atoms with van der Waals surface area (Å²) in [5.74, 6) is -0.973. The molecule has 0 spiro atoms. The molecule has 156 valence electrons. The number of benzene rings is 2. The molecule has 0 fully saturated rings. The number of hydrogen-bond acceptors (Lipinski definition) is 4. The van der Waals surface area contributed by atoms with Gasteiger partial charge in [0.05, 0.1) is 28.3 Å². The normalized spacial score (nSPS) is 10.6. The average Bonchev–Trinajstić information content (AvgIpc) is 3.43. The lowest BCUT2D eigenvalue weighted by atomic mass is 10.2. The molecule has 0 unspecified atom stereocenters. The van der Waals surface area contributed by atoms with Gasteiger partial charge in [-0.05, 0) is 62.4 Å². The zero-order valence-corrected chi connectivity index (χ0v) is 17.3. The summed E-state index contributed by atoms with van der Waals surface area (Å²) in [6, 6.07) is 20.5. The van der Waals surface area contributed by atoms with E-state index in [-0.39, 0.29) is 6.61 Å². The molecule has 0 radical (unpaired) electrons. The minimum atomic E-state index is -0.553. The van der Waals surface area contributed by atoms with Crippen molar-refractivity contribution in [3.05, 3.63) is 96.1 Å². The Morgan fingerprint density at radius 2 is 1.58 bits per heavy atom. The summed E-state index contributed by atoms with van der Waals surface area (Å²) in [6.45, 7) is 3.31. The van der Waals surface area contributed by atoms with Gasteiger partial charge in [0, 0.05) is 18.1 Å². The van der Waals surface area contributed by atoms with Crippen molar-refractivity contribution in [3.8, 4) is 11.4 Å². The van der Waals surface area contributed by atoms with Crippen LogP contribution >= 0.6 is 0 Å². The van der Waals surface area contributed by atoms with E-state index in [1.54, 1.807) is 16.8 Å². The van der Waals surface area contributed by atoms with E-state index in [4.69, 9.17) is 4.74 Å². The fraction of sp³-hybridized carbons (Fsp3) is 0.125. The zero-order chi connectivity index (χ0) is 21.8. The van der Waals surface area contributed by atoms with Crippen LogP contribution < -0.4 is 5.32 Å². The number of hydrogen-bond donors (Lipinski definition) is 1. The number of amides is 1. The van der Waals surface area contributed by atoms with Crippen molar-refractivity contribution >= 4 is 17.6 Å². The number of nitrogens with zero attached hydrogens (tertiary/aromatic N) is 3. The van der Waals surface area contributed by atoms with Crippen molar-refractivity contribution in [1.82, 2.24) is 14.3 Å². The highest BCUT2D eigenvalue weighted by Gasteiger charge is 2.16.